The Morgan fingerprint density at radius 3 is 0.667 bits per heavy atom. The summed E-state index contributed by atoms with van der Waals surface area (Å²) in [5.74, 6) is 0. The Kier molecular flexibility index (Phi) is 177. The largest absolute Gasteiger partial charge is 3.00 e. The van der Waals surface area contributed by atoms with Crippen LogP contribution in [0.25, 0.3) is 0 Å². The second kappa shape index (κ2) is 88.1. The maximum absolute atomic E-state index is 8.93. The number of rotatable bonds is 2. The quantitative estimate of drug-likeness (QED) is 0.574. The van der Waals surface area contributed by atoms with Crippen molar-refractivity contribution in [2.45, 2.75) is 52.1 Å². The average molecular weight is 279 g/mol. The van der Waals surface area contributed by atoms with E-state index in [4.69, 9.17) is 20.4 Å². The third-order valence-electron chi connectivity index (χ3n) is 0.577. The monoisotopic (exact) mass is 279 g/mol. The van der Waals surface area contributed by atoms with Crippen molar-refractivity contribution >= 4 is 15.2 Å². The smallest absolute Gasteiger partial charge is 3.00 e. The summed E-state index contributed by atoms with van der Waals surface area (Å²) in [6, 6.07) is 0. The zero-order chi connectivity index (χ0) is 14.9. The van der Waals surface area contributed by atoms with Crippen molar-refractivity contribution in [2.24, 2.45) is 0 Å². The molecule has 0 unspecified atom stereocenters. The van der Waals surface area contributed by atoms with E-state index in [1.54, 1.807) is 27.7 Å². The minimum Gasteiger partial charge on any atom is 3.00 e. The SMILES string of the molecule is CC[O-].CC[O-].CC[O-].CC[O-].C[CH2][Al+][CH2]C.[N+3]. The van der Waals surface area contributed by atoms with Crippen LogP contribution in [0.15, 0.2) is 0 Å². The molecular formula is C12H30AlNO4. The van der Waals surface area contributed by atoms with Gasteiger partial charge < -0.3 is 20.4 Å². The third-order valence-corrected chi connectivity index (χ3v) is 1.73. The van der Waals surface area contributed by atoms with Crippen LogP contribution in [0.5, 0.6) is 0 Å². The van der Waals surface area contributed by atoms with Crippen LogP contribution in [0.2, 0.25) is 10.6 Å². The van der Waals surface area contributed by atoms with Crippen LogP contribution in [0.3, 0.4) is 0 Å². The van der Waals surface area contributed by atoms with E-state index >= 15 is 0 Å². The number of nitrogens with zero attached hydrogens (tertiary/aromatic N) is 1. The van der Waals surface area contributed by atoms with E-state index in [0.717, 1.165) is 15.2 Å². The van der Waals surface area contributed by atoms with Gasteiger partial charge in [-0.05, 0) is 0 Å². The van der Waals surface area contributed by atoms with Crippen LogP contribution in [-0.2, 0) is 0 Å². The molecule has 0 bridgehead atoms. The standard InChI is InChI=1S/4C2H5O.2C2H5.Al.N/c4*1-2-3;2*1-2;;/h4*2H2,1H3;2*1H2,2H3;;/q4*-1;;;+1;+3. The summed E-state index contributed by atoms with van der Waals surface area (Å²) < 4.78 is 0. The first-order valence-corrected chi connectivity index (χ1v) is 7.85. The third kappa shape index (κ3) is 844. The molecule has 0 amide bonds. The molecule has 0 atom stereocenters. The molecular weight excluding hydrogens is 249 g/mol. The molecule has 0 saturated carbocycles. The Morgan fingerprint density at radius 1 is 0.556 bits per heavy atom. The first-order valence-electron chi connectivity index (χ1n) is 6.21. The van der Waals surface area contributed by atoms with E-state index in [0.29, 0.717) is 0 Å². The summed E-state index contributed by atoms with van der Waals surface area (Å²) in [6.45, 7) is 10.8. The molecule has 110 valence electrons. The van der Waals surface area contributed by atoms with Gasteiger partial charge in [-0.2, -0.15) is 0 Å². The normalized spacial score (nSPS) is 5.89. The summed E-state index contributed by atoms with van der Waals surface area (Å²) in [5.41, 5.74) is 0. The molecule has 0 heterocycles. The predicted octanol–water partition coefficient (Wildman–Crippen LogP) is -1.45. The van der Waals surface area contributed by atoms with E-state index in [1.165, 1.54) is 10.6 Å². The van der Waals surface area contributed by atoms with E-state index in [-0.39, 0.29) is 32.6 Å². The Morgan fingerprint density at radius 2 is 0.667 bits per heavy atom. The van der Waals surface area contributed by atoms with Crippen molar-refractivity contribution in [2.75, 3.05) is 26.4 Å². The fourth-order valence-electron chi connectivity index (χ4n) is 0.289. The summed E-state index contributed by atoms with van der Waals surface area (Å²) >= 11 is 0.815. The van der Waals surface area contributed by atoms with Gasteiger partial charge in [0, 0.05) is 0 Å². The van der Waals surface area contributed by atoms with Gasteiger partial charge in [-0.15, -0.1) is 26.4 Å². The van der Waals surface area contributed by atoms with Crippen molar-refractivity contribution in [3.8, 4) is 0 Å². The predicted molar refractivity (Wildman–Crippen MR) is 71.0 cm³/mol. The Balaban J connectivity index is -0.0000000252. The molecule has 18 heavy (non-hydrogen) atoms. The zero-order valence-corrected chi connectivity index (χ0v) is 14.1. The molecule has 6 heteroatoms. The second-order valence-electron chi connectivity index (χ2n) is 2.26. The molecule has 0 N–H and O–H groups in total. The Bertz CT molecular complexity index is 53.3. The second-order valence-corrected chi connectivity index (χ2v) is 4.47. The van der Waals surface area contributed by atoms with Gasteiger partial charge in [-0.1, -0.05) is 27.7 Å². The average Bonchev–Trinajstić information content (AvgIpc) is 2.23. The summed E-state index contributed by atoms with van der Waals surface area (Å²) in [4.78, 5) is 0. The van der Waals surface area contributed by atoms with Gasteiger partial charge in [-0.3, -0.25) is 0 Å². The van der Waals surface area contributed by atoms with Crippen molar-refractivity contribution in [3.63, 3.8) is 0 Å². The number of hydrogen-bond donors (Lipinski definition) is 0. The van der Waals surface area contributed by atoms with Gasteiger partial charge in [0.05, 0.1) is 0 Å². The summed E-state index contributed by atoms with van der Waals surface area (Å²) in [7, 11) is 0. The molecule has 0 aromatic rings. The van der Waals surface area contributed by atoms with Crippen molar-refractivity contribution in [3.05, 3.63) is 0 Å². The van der Waals surface area contributed by atoms with Gasteiger partial charge in [-0.25, -0.2) is 0 Å². The van der Waals surface area contributed by atoms with Crippen LogP contribution in [0, 0.1) is 0 Å². The van der Waals surface area contributed by atoms with Gasteiger partial charge in [0.25, 0.3) is 0 Å². The van der Waals surface area contributed by atoms with E-state index in [9.17, 15) is 0 Å². The molecule has 5 nitrogen and oxygen atoms in total. The molecule has 0 aromatic carbocycles. The fraction of sp³-hybridized carbons (Fsp3) is 1.00. The van der Waals surface area contributed by atoms with Crippen LogP contribution < -0.4 is 26.6 Å². The Hall–Kier alpha value is 0.0825. The van der Waals surface area contributed by atoms with E-state index in [2.05, 4.69) is 13.8 Å². The first kappa shape index (κ1) is 36.1. The van der Waals surface area contributed by atoms with Gasteiger partial charge in [0.15, 0.2) is 0 Å². The molecule has 0 rings (SSSR count). The van der Waals surface area contributed by atoms with E-state index in [1.807, 2.05) is 0 Å². The van der Waals surface area contributed by atoms with Crippen LogP contribution in [-0.4, -0.2) is 41.6 Å². The van der Waals surface area contributed by atoms with Crippen molar-refractivity contribution in [1.29, 1.82) is 0 Å². The zero-order valence-electron chi connectivity index (χ0n) is 12.9. The first-order chi connectivity index (χ1) is 8.07. The van der Waals surface area contributed by atoms with Gasteiger partial charge in [0.2, 0.25) is 0 Å². The Labute approximate surface area is 121 Å². The molecule has 0 fully saturated rings. The van der Waals surface area contributed by atoms with Crippen LogP contribution in [0.4, 0.5) is 0 Å². The minimum absolute atomic E-state index is 0. The fourth-order valence-corrected chi connectivity index (χ4v) is 0.866. The van der Waals surface area contributed by atoms with Gasteiger partial charge in [0.1, 0.15) is 0 Å². The molecule has 0 aliphatic rings. The summed E-state index contributed by atoms with van der Waals surface area (Å²) in [6.07, 6.45) is 0. The van der Waals surface area contributed by atoms with Crippen LogP contribution >= 0.6 is 0 Å². The number of hydrogen-bond acceptors (Lipinski definition) is 4. The molecule has 2 radical (unpaired) electrons. The minimum atomic E-state index is 0. The maximum atomic E-state index is 8.93. The van der Waals surface area contributed by atoms with E-state index < -0.39 is 0 Å². The van der Waals surface area contributed by atoms with Crippen molar-refractivity contribution < 1.29 is 20.4 Å². The molecule has 0 aliphatic carbocycles. The van der Waals surface area contributed by atoms with Crippen molar-refractivity contribution in [1.82, 2.24) is 6.15 Å². The maximum Gasteiger partial charge on any atom is 3.00 e. The molecule has 0 spiro atoms. The summed E-state index contributed by atoms with van der Waals surface area (Å²) in [5, 5.41) is 38.6. The molecule has 0 saturated heterocycles. The molecule has 0 aromatic heterocycles. The van der Waals surface area contributed by atoms with Crippen LogP contribution in [0.1, 0.15) is 41.5 Å². The van der Waals surface area contributed by atoms with Gasteiger partial charge >= 0.3 is 45.8 Å². The topological polar surface area (TPSA) is 123 Å². The molecule has 0 aliphatic heterocycles.